The second-order valence-electron chi connectivity index (χ2n) is 3.03. The predicted octanol–water partition coefficient (Wildman–Crippen LogP) is 3.05. The fourth-order valence-corrected chi connectivity index (χ4v) is 1.38. The number of hydrogen-bond donors (Lipinski definition) is 0. The fraction of sp³-hybridized carbons (Fsp3) is 0.0833. The molecule has 1 aromatic carbocycles. The molecule has 1 radical (unpaired) electrons. The molecule has 1 nitrogen and oxygen atoms in total. The molecule has 2 rings (SSSR count). The van der Waals surface area contributed by atoms with Crippen LogP contribution in [0.2, 0.25) is 0 Å². The molecular weight excluding hydrogens is 350 g/mol. The summed E-state index contributed by atoms with van der Waals surface area (Å²) in [7, 11) is 0. The van der Waals surface area contributed by atoms with Crippen molar-refractivity contribution in [3.05, 3.63) is 54.2 Å². The van der Waals surface area contributed by atoms with Crippen LogP contribution in [0.3, 0.4) is 0 Å². The normalized spacial score (nSPS) is 9.21. The summed E-state index contributed by atoms with van der Waals surface area (Å²) in [5, 5.41) is 0. The Morgan fingerprint density at radius 3 is 2.29 bits per heavy atom. The topological polar surface area (TPSA) is 12.9 Å². The number of nitrogens with zero attached hydrogens (tertiary/aromatic N) is 1. The molecule has 14 heavy (non-hydrogen) atoms. The van der Waals surface area contributed by atoms with Crippen LogP contribution in [-0.4, -0.2) is 4.98 Å². The van der Waals surface area contributed by atoms with Crippen molar-refractivity contribution < 1.29 is 20.1 Å². The van der Waals surface area contributed by atoms with E-state index in [4.69, 9.17) is 0 Å². The Bertz CT molecular complexity index is 398. The molecule has 1 heterocycles. The third kappa shape index (κ3) is 2.28. The Labute approximate surface area is 97.6 Å². The fourth-order valence-electron chi connectivity index (χ4n) is 1.38. The molecule has 0 spiro atoms. The van der Waals surface area contributed by atoms with E-state index in [2.05, 4.69) is 30.1 Å². The van der Waals surface area contributed by atoms with Crippen molar-refractivity contribution in [3.63, 3.8) is 0 Å². The Morgan fingerprint density at radius 2 is 1.64 bits per heavy atom. The minimum Gasteiger partial charge on any atom is -0.256 e. The average Bonchev–Trinajstić information content (AvgIpc) is 2.20. The van der Waals surface area contributed by atoms with E-state index in [9.17, 15) is 0 Å². The van der Waals surface area contributed by atoms with Crippen LogP contribution in [-0.2, 0) is 20.1 Å². The van der Waals surface area contributed by atoms with E-state index in [1.807, 2.05) is 30.5 Å². The van der Waals surface area contributed by atoms with Crippen molar-refractivity contribution >= 4 is 0 Å². The van der Waals surface area contributed by atoms with Crippen LogP contribution in [0.5, 0.6) is 0 Å². The molecule has 0 aliphatic heterocycles. The van der Waals surface area contributed by atoms with Gasteiger partial charge < -0.3 is 0 Å². The summed E-state index contributed by atoms with van der Waals surface area (Å²) in [5.74, 6) is 0. The molecule has 2 heteroatoms. The monoisotopic (exact) mass is 362 g/mol. The Balaban J connectivity index is 0.000000980. The van der Waals surface area contributed by atoms with Crippen molar-refractivity contribution in [2.75, 3.05) is 0 Å². The SMILES string of the molecule is Cc1cccnc1-c1ccccc1.[Ir]. The molecule has 73 valence electrons. The van der Waals surface area contributed by atoms with Gasteiger partial charge in [0.2, 0.25) is 0 Å². The number of aromatic nitrogens is 1. The van der Waals surface area contributed by atoms with E-state index >= 15 is 0 Å². The van der Waals surface area contributed by atoms with Crippen LogP contribution in [0.15, 0.2) is 48.7 Å². The van der Waals surface area contributed by atoms with Crippen molar-refractivity contribution in [2.24, 2.45) is 0 Å². The second kappa shape index (κ2) is 5.04. The number of rotatable bonds is 1. The first kappa shape index (κ1) is 11.1. The smallest absolute Gasteiger partial charge is 0.0731 e. The average molecular weight is 361 g/mol. The third-order valence-corrected chi connectivity index (χ3v) is 2.06. The van der Waals surface area contributed by atoms with Crippen LogP contribution in [0.4, 0.5) is 0 Å². The van der Waals surface area contributed by atoms with E-state index in [0.717, 1.165) is 5.69 Å². The van der Waals surface area contributed by atoms with Crippen LogP contribution in [0, 0.1) is 6.92 Å². The van der Waals surface area contributed by atoms with Crippen molar-refractivity contribution in [1.82, 2.24) is 4.98 Å². The zero-order valence-electron chi connectivity index (χ0n) is 7.90. The first-order valence-corrected chi connectivity index (χ1v) is 4.35. The van der Waals surface area contributed by atoms with Gasteiger partial charge in [-0.15, -0.1) is 0 Å². The van der Waals surface area contributed by atoms with Crippen LogP contribution in [0.25, 0.3) is 11.3 Å². The summed E-state index contributed by atoms with van der Waals surface area (Å²) >= 11 is 0. The summed E-state index contributed by atoms with van der Waals surface area (Å²) in [4.78, 5) is 4.35. The van der Waals surface area contributed by atoms with Gasteiger partial charge in [0.25, 0.3) is 0 Å². The van der Waals surface area contributed by atoms with Crippen molar-refractivity contribution in [2.45, 2.75) is 6.92 Å². The molecule has 0 N–H and O–H groups in total. The zero-order chi connectivity index (χ0) is 9.10. The Kier molecular flexibility index (Phi) is 3.99. The van der Waals surface area contributed by atoms with Gasteiger partial charge in [-0.3, -0.25) is 4.98 Å². The van der Waals surface area contributed by atoms with Gasteiger partial charge in [0.1, 0.15) is 0 Å². The predicted molar refractivity (Wildman–Crippen MR) is 54.4 cm³/mol. The van der Waals surface area contributed by atoms with Gasteiger partial charge in [0.05, 0.1) is 5.69 Å². The molecule has 0 amide bonds. The van der Waals surface area contributed by atoms with Gasteiger partial charge in [0.15, 0.2) is 0 Å². The molecule has 0 atom stereocenters. The largest absolute Gasteiger partial charge is 0.256 e. The zero-order valence-corrected chi connectivity index (χ0v) is 10.3. The van der Waals surface area contributed by atoms with E-state index in [0.29, 0.717) is 0 Å². The molecule has 0 unspecified atom stereocenters. The first-order chi connectivity index (χ1) is 6.38. The summed E-state index contributed by atoms with van der Waals surface area (Å²) in [6.07, 6.45) is 1.83. The van der Waals surface area contributed by atoms with Crippen LogP contribution in [0.1, 0.15) is 5.56 Å². The molecular formula is C12H11IrN. The van der Waals surface area contributed by atoms with Crippen LogP contribution < -0.4 is 0 Å². The number of aryl methyl sites for hydroxylation is 1. The van der Waals surface area contributed by atoms with E-state index < -0.39 is 0 Å². The molecule has 0 aliphatic rings. The van der Waals surface area contributed by atoms with E-state index in [1.54, 1.807) is 0 Å². The number of pyridine rings is 1. The van der Waals surface area contributed by atoms with Crippen molar-refractivity contribution in [1.29, 1.82) is 0 Å². The maximum atomic E-state index is 4.35. The standard InChI is InChI=1S/C12H11N.Ir/c1-10-6-5-9-13-12(10)11-7-3-2-4-8-11;/h2-9H,1H3;. The van der Waals surface area contributed by atoms with Crippen LogP contribution >= 0.6 is 0 Å². The van der Waals surface area contributed by atoms with Gasteiger partial charge >= 0.3 is 0 Å². The van der Waals surface area contributed by atoms with Gasteiger partial charge in [-0.1, -0.05) is 36.4 Å². The van der Waals surface area contributed by atoms with Gasteiger partial charge in [-0.25, -0.2) is 0 Å². The number of benzene rings is 1. The second-order valence-corrected chi connectivity index (χ2v) is 3.03. The molecule has 1 aromatic heterocycles. The molecule has 0 bridgehead atoms. The van der Waals surface area contributed by atoms with Gasteiger partial charge in [-0.05, 0) is 18.6 Å². The van der Waals surface area contributed by atoms with E-state index in [-0.39, 0.29) is 20.1 Å². The Morgan fingerprint density at radius 1 is 0.929 bits per heavy atom. The van der Waals surface area contributed by atoms with Crippen molar-refractivity contribution in [3.8, 4) is 11.3 Å². The summed E-state index contributed by atoms with van der Waals surface area (Å²) < 4.78 is 0. The number of hydrogen-bond acceptors (Lipinski definition) is 1. The molecule has 0 saturated carbocycles. The van der Waals surface area contributed by atoms with Gasteiger partial charge in [0, 0.05) is 31.9 Å². The van der Waals surface area contributed by atoms with Gasteiger partial charge in [-0.2, -0.15) is 0 Å². The molecule has 0 saturated heterocycles. The molecule has 0 aliphatic carbocycles. The third-order valence-electron chi connectivity index (χ3n) is 2.06. The minimum atomic E-state index is 0. The minimum absolute atomic E-state index is 0. The quantitative estimate of drug-likeness (QED) is 0.761. The summed E-state index contributed by atoms with van der Waals surface area (Å²) in [5.41, 5.74) is 3.47. The molecule has 0 fully saturated rings. The van der Waals surface area contributed by atoms with E-state index in [1.165, 1.54) is 11.1 Å². The maximum Gasteiger partial charge on any atom is 0.0731 e. The molecule has 2 aromatic rings. The summed E-state index contributed by atoms with van der Waals surface area (Å²) in [6, 6.07) is 14.3. The maximum absolute atomic E-state index is 4.35. The first-order valence-electron chi connectivity index (χ1n) is 4.35. The Hall–Kier alpha value is -0.981. The summed E-state index contributed by atoms with van der Waals surface area (Å²) in [6.45, 7) is 2.08.